The topological polar surface area (TPSA) is 67.8 Å². The van der Waals surface area contributed by atoms with Crippen LogP contribution in [0.5, 0.6) is 0 Å². The normalized spacial score (nSPS) is 12.1. The highest BCUT2D eigenvalue weighted by Crippen LogP contribution is 2.09. The molecule has 1 unspecified atom stereocenters. The van der Waals surface area contributed by atoms with E-state index in [4.69, 9.17) is 14.6 Å². The Morgan fingerprint density at radius 2 is 2.00 bits per heavy atom. The molecule has 0 spiro atoms. The first-order valence-electron chi connectivity index (χ1n) is 5.26. The molecule has 0 amide bonds. The van der Waals surface area contributed by atoms with E-state index in [-0.39, 0.29) is 11.7 Å². The number of benzene rings is 1. The number of rotatable bonds is 7. The first kappa shape index (κ1) is 13.5. The molecule has 5 heteroatoms. The summed E-state index contributed by atoms with van der Waals surface area (Å²) in [5.74, 6) is -0.925. The zero-order valence-electron chi connectivity index (χ0n) is 9.97. The van der Waals surface area contributed by atoms with Crippen LogP contribution in [0.3, 0.4) is 0 Å². The number of anilines is 1. The summed E-state index contributed by atoms with van der Waals surface area (Å²) in [6.45, 7) is 1.12. The molecule has 5 nitrogen and oxygen atoms in total. The summed E-state index contributed by atoms with van der Waals surface area (Å²) >= 11 is 0. The molecule has 0 radical (unpaired) electrons. The highest BCUT2D eigenvalue weighted by molar-refractivity contribution is 5.87. The van der Waals surface area contributed by atoms with Crippen molar-refractivity contribution in [2.24, 2.45) is 0 Å². The van der Waals surface area contributed by atoms with Crippen LogP contribution in [-0.2, 0) is 9.47 Å². The molecule has 1 aromatic rings. The molecular weight excluding hydrogens is 222 g/mol. The summed E-state index contributed by atoms with van der Waals surface area (Å²) in [4.78, 5) is 10.7. The van der Waals surface area contributed by atoms with Crippen LogP contribution in [-0.4, -0.2) is 44.6 Å². The molecule has 0 aliphatic rings. The molecule has 94 valence electrons. The van der Waals surface area contributed by atoms with Crippen molar-refractivity contribution in [2.45, 2.75) is 6.10 Å². The third kappa shape index (κ3) is 4.42. The molecule has 0 aromatic heterocycles. The fraction of sp³-hybridized carbons (Fsp3) is 0.417. The Bertz CT molecular complexity index is 350. The van der Waals surface area contributed by atoms with Gasteiger partial charge in [-0.3, -0.25) is 0 Å². The maximum absolute atomic E-state index is 10.7. The Kier molecular flexibility index (Phi) is 5.45. The first-order valence-corrected chi connectivity index (χ1v) is 5.26. The van der Waals surface area contributed by atoms with Gasteiger partial charge in [-0.25, -0.2) is 4.79 Å². The maximum Gasteiger partial charge on any atom is 0.335 e. The summed E-state index contributed by atoms with van der Waals surface area (Å²) in [6, 6.07) is 6.57. The Morgan fingerprint density at radius 1 is 1.35 bits per heavy atom. The minimum Gasteiger partial charge on any atom is -0.478 e. The summed E-state index contributed by atoms with van der Waals surface area (Å²) in [5.41, 5.74) is 1.13. The molecule has 0 aliphatic heterocycles. The standard InChI is InChI=1S/C12H17NO4/c1-16-8-11(17-2)7-13-10-5-3-9(4-6-10)12(14)15/h3-6,11,13H,7-8H2,1-2H3,(H,14,15). The zero-order chi connectivity index (χ0) is 12.7. The molecule has 0 heterocycles. The van der Waals surface area contributed by atoms with Crippen LogP contribution >= 0.6 is 0 Å². The lowest BCUT2D eigenvalue weighted by Gasteiger charge is -2.15. The summed E-state index contributed by atoms with van der Waals surface area (Å²) in [7, 11) is 3.24. The van der Waals surface area contributed by atoms with E-state index in [1.165, 1.54) is 0 Å². The third-order valence-electron chi connectivity index (χ3n) is 2.35. The highest BCUT2D eigenvalue weighted by Gasteiger charge is 2.06. The predicted octanol–water partition coefficient (Wildman–Crippen LogP) is 1.46. The van der Waals surface area contributed by atoms with E-state index in [9.17, 15) is 4.79 Å². The van der Waals surface area contributed by atoms with E-state index in [2.05, 4.69) is 5.32 Å². The average molecular weight is 239 g/mol. The van der Waals surface area contributed by atoms with Crippen LogP contribution in [0, 0.1) is 0 Å². The van der Waals surface area contributed by atoms with Gasteiger partial charge >= 0.3 is 5.97 Å². The molecule has 17 heavy (non-hydrogen) atoms. The second-order valence-electron chi connectivity index (χ2n) is 3.58. The molecular formula is C12H17NO4. The quantitative estimate of drug-likeness (QED) is 0.754. The SMILES string of the molecule is COCC(CNc1ccc(C(=O)O)cc1)OC. The summed E-state index contributed by atoms with van der Waals surface area (Å²) < 4.78 is 10.2. The van der Waals surface area contributed by atoms with Crippen LogP contribution in [0.15, 0.2) is 24.3 Å². The van der Waals surface area contributed by atoms with Crippen LogP contribution in [0.4, 0.5) is 5.69 Å². The number of methoxy groups -OCH3 is 2. The van der Waals surface area contributed by atoms with Gasteiger partial charge in [0.25, 0.3) is 0 Å². The van der Waals surface area contributed by atoms with Gasteiger partial charge in [0, 0.05) is 26.5 Å². The summed E-state index contributed by atoms with van der Waals surface area (Å²) in [5, 5.41) is 11.9. The Morgan fingerprint density at radius 3 is 2.47 bits per heavy atom. The lowest BCUT2D eigenvalue weighted by molar-refractivity contribution is 0.0365. The molecule has 1 rings (SSSR count). The lowest BCUT2D eigenvalue weighted by atomic mass is 10.2. The van der Waals surface area contributed by atoms with Crippen molar-refractivity contribution in [1.82, 2.24) is 0 Å². The fourth-order valence-electron chi connectivity index (χ4n) is 1.36. The Hall–Kier alpha value is -1.59. The smallest absolute Gasteiger partial charge is 0.335 e. The van der Waals surface area contributed by atoms with Crippen molar-refractivity contribution in [2.75, 3.05) is 32.7 Å². The van der Waals surface area contributed by atoms with Gasteiger partial charge in [-0.2, -0.15) is 0 Å². The predicted molar refractivity (Wildman–Crippen MR) is 64.6 cm³/mol. The minimum absolute atomic E-state index is 0.0286. The second-order valence-corrected chi connectivity index (χ2v) is 3.58. The number of carbonyl (C=O) groups is 1. The van der Waals surface area contributed by atoms with Crippen molar-refractivity contribution < 1.29 is 19.4 Å². The second kappa shape index (κ2) is 6.88. The number of ether oxygens (including phenoxy) is 2. The molecule has 0 saturated carbocycles. The molecule has 0 fully saturated rings. The number of carboxylic acid groups (broad SMARTS) is 1. The van der Waals surface area contributed by atoms with E-state index in [1.54, 1.807) is 38.5 Å². The Balaban J connectivity index is 2.48. The molecule has 0 saturated heterocycles. The van der Waals surface area contributed by atoms with Gasteiger partial charge in [0.1, 0.15) is 0 Å². The largest absolute Gasteiger partial charge is 0.478 e. The van der Waals surface area contributed by atoms with Crippen molar-refractivity contribution in [3.05, 3.63) is 29.8 Å². The molecule has 0 bridgehead atoms. The number of nitrogens with one attached hydrogen (secondary N) is 1. The van der Waals surface area contributed by atoms with Crippen molar-refractivity contribution in [1.29, 1.82) is 0 Å². The van der Waals surface area contributed by atoms with Gasteiger partial charge in [0.15, 0.2) is 0 Å². The average Bonchev–Trinajstić information content (AvgIpc) is 2.35. The van der Waals surface area contributed by atoms with Gasteiger partial charge in [-0.05, 0) is 24.3 Å². The lowest BCUT2D eigenvalue weighted by Crippen LogP contribution is -2.26. The molecule has 0 aliphatic carbocycles. The van der Waals surface area contributed by atoms with E-state index in [0.29, 0.717) is 13.2 Å². The number of carboxylic acids is 1. The van der Waals surface area contributed by atoms with Crippen molar-refractivity contribution in [3.8, 4) is 0 Å². The third-order valence-corrected chi connectivity index (χ3v) is 2.35. The highest BCUT2D eigenvalue weighted by atomic mass is 16.5. The van der Waals surface area contributed by atoms with Crippen LogP contribution < -0.4 is 5.32 Å². The van der Waals surface area contributed by atoms with Gasteiger partial charge in [0.05, 0.1) is 18.3 Å². The van der Waals surface area contributed by atoms with Gasteiger partial charge in [-0.1, -0.05) is 0 Å². The van der Waals surface area contributed by atoms with Gasteiger partial charge in [0.2, 0.25) is 0 Å². The van der Waals surface area contributed by atoms with E-state index in [1.807, 2.05) is 0 Å². The Labute approximate surface area is 100 Å². The number of aromatic carboxylic acids is 1. The van der Waals surface area contributed by atoms with Crippen molar-refractivity contribution in [3.63, 3.8) is 0 Å². The maximum atomic E-state index is 10.7. The van der Waals surface area contributed by atoms with E-state index < -0.39 is 5.97 Å². The van der Waals surface area contributed by atoms with Crippen molar-refractivity contribution >= 4 is 11.7 Å². The molecule has 2 N–H and O–H groups in total. The minimum atomic E-state index is -0.925. The fourth-order valence-corrected chi connectivity index (χ4v) is 1.36. The number of hydrogen-bond acceptors (Lipinski definition) is 4. The number of hydrogen-bond donors (Lipinski definition) is 2. The molecule has 1 atom stereocenters. The van der Waals surface area contributed by atoms with E-state index >= 15 is 0 Å². The van der Waals surface area contributed by atoms with Crippen LogP contribution in [0.2, 0.25) is 0 Å². The monoisotopic (exact) mass is 239 g/mol. The zero-order valence-corrected chi connectivity index (χ0v) is 9.97. The van der Waals surface area contributed by atoms with E-state index in [0.717, 1.165) is 5.69 Å². The summed E-state index contributed by atoms with van der Waals surface area (Å²) in [6.07, 6.45) is -0.0286. The van der Waals surface area contributed by atoms with Gasteiger partial charge in [-0.15, -0.1) is 0 Å². The molecule has 1 aromatic carbocycles. The van der Waals surface area contributed by atoms with Gasteiger partial charge < -0.3 is 19.9 Å². The van der Waals surface area contributed by atoms with Crippen LogP contribution in [0.25, 0.3) is 0 Å². The first-order chi connectivity index (χ1) is 8.17. The van der Waals surface area contributed by atoms with Crippen LogP contribution in [0.1, 0.15) is 10.4 Å².